The van der Waals surface area contributed by atoms with Gasteiger partial charge in [0, 0.05) is 18.8 Å². The van der Waals surface area contributed by atoms with Crippen molar-refractivity contribution >= 4 is 35.5 Å². The van der Waals surface area contributed by atoms with Crippen LogP contribution in [0.5, 0.6) is 0 Å². The molecule has 3 aromatic rings. The molecule has 2 aromatic heterocycles. The van der Waals surface area contributed by atoms with Crippen LogP contribution in [0.1, 0.15) is 19.4 Å². The van der Waals surface area contributed by atoms with Gasteiger partial charge in [0.1, 0.15) is 0 Å². The predicted octanol–water partition coefficient (Wildman–Crippen LogP) is 4.40. The number of hydrogen-bond acceptors (Lipinski definition) is 5. The molecule has 0 bridgehead atoms. The summed E-state index contributed by atoms with van der Waals surface area (Å²) in [6, 6.07) is 12.3. The lowest BCUT2D eigenvalue weighted by molar-refractivity contribution is 0.866. The van der Waals surface area contributed by atoms with Crippen LogP contribution < -0.4 is 4.90 Å². The minimum absolute atomic E-state index is 0.481. The topological polar surface area (TPSA) is 49.2 Å². The molecule has 2 heterocycles. The van der Waals surface area contributed by atoms with Crippen molar-refractivity contribution < 1.29 is 0 Å². The SMILES string of the molecule is CCN(CC)c1ccc(/C=N\n2c(-c3cccs3)n[nH]c2=S)cc1. The normalized spacial score (nSPS) is 11.2. The van der Waals surface area contributed by atoms with E-state index in [1.54, 1.807) is 22.2 Å². The summed E-state index contributed by atoms with van der Waals surface area (Å²) in [6.07, 6.45) is 1.80. The smallest absolute Gasteiger partial charge is 0.216 e. The summed E-state index contributed by atoms with van der Waals surface area (Å²) in [4.78, 5) is 3.33. The average Bonchev–Trinajstić information content (AvgIpc) is 3.25. The summed E-state index contributed by atoms with van der Waals surface area (Å²) in [6.45, 7) is 6.31. The second-order valence-electron chi connectivity index (χ2n) is 5.15. The molecule has 0 aliphatic carbocycles. The fourth-order valence-electron chi connectivity index (χ4n) is 2.45. The molecule has 0 fully saturated rings. The Labute approximate surface area is 150 Å². The Morgan fingerprint density at radius 1 is 1.25 bits per heavy atom. The van der Waals surface area contributed by atoms with Gasteiger partial charge in [0.05, 0.1) is 11.1 Å². The zero-order valence-corrected chi connectivity index (χ0v) is 15.3. The molecule has 5 nitrogen and oxygen atoms in total. The molecule has 0 aliphatic heterocycles. The molecule has 0 radical (unpaired) electrons. The van der Waals surface area contributed by atoms with E-state index in [0.29, 0.717) is 4.77 Å². The summed E-state index contributed by atoms with van der Waals surface area (Å²) in [5.74, 6) is 0.728. The molecule has 7 heteroatoms. The standard InChI is InChI=1S/C17H19N5S2/c1-3-21(4-2)14-9-7-13(8-10-14)12-18-22-16(19-20-17(22)23)15-6-5-11-24-15/h5-12H,3-4H2,1-2H3,(H,20,23)/b18-12-. The first-order valence-electron chi connectivity index (χ1n) is 7.83. The molecule has 0 amide bonds. The van der Waals surface area contributed by atoms with Gasteiger partial charge in [-0.2, -0.15) is 14.9 Å². The van der Waals surface area contributed by atoms with Gasteiger partial charge in [-0.3, -0.25) is 0 Å². The molecule has 0 spiro atoms. The van der Waals surface area contributed by atoms with E-state index < -0.39 is 0 Å². The maximum Gasteiger partial charge on any atom is 0.216 e. The van der Waals surface area contributed by atoms with Gasteiger partial charge in [0.15, 0.2) is 5.82 Å². The number of nitrogens with one attached hydrogen (secondary N) is 1. The highest BCUT2D eigenvalue weighted by Crippen LogP contribution is 2.22. The van der Waals surface area contributed by atoms with E-state index in [2.05, 4.69) is 58.3 Å². The fourth-order valence-corrected chi connectivity index (χ4v) is 3.33. The molecule has 124 valence electrons. The Bertz CT molecular complexity index is 855. The maximum atomic E-state index is 5.28. The Balaban J connectivity index is 1.84. The third kappa shape index (κ3) is 3.47. The van der Waals surface area contributed by atoms with E-state index in [9.17, 15) is 0 Å². The minimum Gasteiger partial charge on any atom is -0.372 e. The van der Waals surface area contributed by atoms with Crippen LogP contribution in [-0.4, -0.2) is 34.2 Å². The molecule has 0 aliphatic rings. The van der Waals surface area contributed by atoms with Crippen molar-refractivity contribution in [3.05, 3.63) is 52.1 Å². The van der Waals surface area contributed by atoms with Gasteiger partial charge < -0.3 is 4.90 Å². The number of nitrogens with zero attached hydrogens (tertiary/aromatic N) is 4. The van der Waals surface area contributed by atoms with Crippen molar-refractivity contribution in [2.75, 3.05) is 18.0 Å². The van der Waals surface area contributed by atoms with Gasteiger partial charge >= 0.3 is 0 Å². The molecule has 0 unspecified atom stereocenters. The lowest BCUT2D eigenvalue weighted by Gasteiger charge is -2.20. The van der Waals surface area contributed by atoms with E-state index >= 15 is 0 Å². The zero-order valence-electron chi connectivity index (χ0n) is 13.6. The van der Waals surface area contributed by atoms with Crippen molar-refractivity contribution in [3.63, 3.8) is 0 Å². The first-order chi connectivity index (χ1) is 11.7. The number of thiophene rings is 1. The van der Waals surface area contributed by atoms with Crippen LogP contribution in [0.4, 0.5) is 5.69 Å². The Hall–Kier alpha value is -2.25. The number of hydrogen-bond donors (Lipinski definition) is 1. The zero-order chi connectivity index (χ0) is 16.9. The van der Waals surface area contributed by atoms with E-state index in [1.165, 1.54) is 5.69 Å². The summed E-state index contributed by atoms with van der Waals surface area (Å²) in [5.41, 5.74) is 2.24. The van der Waals surface area contributed by atoms with Crippen LogP contribution in [0, 0.1) is 4.77 Å². The number of rotatable bonds is 6. The third-order valence-electron chi connectivity index (χ3n) is 3.74. The van der Waals surface area contributed by atoms with Crippen molar-refractivity contribution in [3.8, 4) is 10.7 Å². The molecule has 0 atom stereocenters. The summed E-state index contributed by atoms with van der Waals surface area (Å²) in [7, 11) is 0. The monoisotopic (exact) mass is 357 g/mol. The molecule has 1 aromatic carbocycles. The Morgan fingerprint density at radius 3 is 2.62 bits per heavy atom. The number of anilines is 1. The number of aromatic amines is 1. The van der Waals surface area contributed by atoms with Gasteiger partial charge in [-0.1, -0.05) is 18.2 Å². The maximum absolute atomic E-state index is 5.28. The molecule has 1 N–H and O–H groups in total. The highest BCUT2D eigenvalue weighted by Gasteiger charge is 2.08. The van der Waals surface area contributed by atoms with Crippen molar-refractivity contribution in [2.45, 2.75) is 13.8 Å². The van der Waals surface area contributed by atoms with Crippen LogP contribution in [-0.2, 0) is 0 Å². The largest absolute Gasteiger partial charge is 0.372 e. The van der Waals surface area contributed by atoms with Gasteiger partial charge in [-0.15, -0.1) is 11.3 Å². The first-order valence-corrected chi connectivity index (χ1v) is 9.12. The van der Waals surface area contributed by atoms with E-state index in [1.807, 2.05) is 17.5 Å². The van der Waals surface area contributed by atoms with Crippen LogP contribution in [0.2, 0.25) is 0 Å². The quantitative estimate of drug-likeness (QED) is 0.525. The Morgan fingerprint density at radius 2 is 2.00 bits per heavy atom. The average molecular weight is 358 g/mol. The number of aromatic nitrogens is 3. The van der Waals surface area contributed by atoms with Crippen molar-refractivity contribution in [1.29, 1.82) is 0 Å². The Kier molecular flexibility index (Phi) is 5.22. The molecular formula is C17H19N5S2. The first kappa shape index (κ1) is 16.6. The molecular weight excluding hydrogens is 338 g/mol. The lowest BCUT2D eigenvalue weighted by atomic mass is 10.2. The number of H-pyrrole nitrogens is 1. The lowest BCUT2D eigenvalue weighted by Crippen LogP contribution is -2.21. The molecule has 0 saturated carbocycles. The van der Waals surface area contributed by atoms with Crippen molar-refractivity contribution in [2.24, 2.45) is 5.10 Å². The number of benzene rings is 1. The van der Waals surface area contributed by atoms with Gasteiger partial charge in [0.25, 0.3) is 0 Å². The van der Waals surface area contributed by atoms with Crippen LogP contribution >= 0.6 is 23.6 Å². The summed E-state index contributed by atoms with van der Waals surface area (Å²) < 4.78 is 2.13. The van der Waals surface area contributed by atoms with E-state index in [4.69, 9.17) is 12.2 Å². The highest BCUT2D eigenvalue weighted by molar-refractivity contribution is 7.71. The molecule has 3 rings (SSSR count). The second-order valence-corrected chi connectivity index (χ2v) is 6.48. The van der Waals surface area contributed by atoms with E-state index in [-0.39, 0.29) is 0 Å². The van der Waals surface area contributed by atoms with E-state index in [0.717, 1.165) is 29.4 Å². The third-order valence-corrected chi connectivity index (χ3v) is 4.87. The van der Waals surface area contributed by atoms with Crippen molar-refractivity contribution in [1.82, 2.24) is 14.9 Å². The van der Waals surface area contributed by atoms with Gasteiger partial charge in [-0.05, 0) is 55.2 Å². The molecule has 24 heavy (non-hydrogen) atoms. The summed E-state index contributed by atoms with van der Waals surface area (Å²) >= 11 is 6.88. The predicted molar refractivity (Wildman–Crippen MR) is 104 cm³/mol. The second kappa shape index (κ2) is 7.55. The molecule has 0 saturated heterocycles. The van der Waals surface area contributed by atoms with Gasteiger partial charge in [-0.25, -0.2) is 5.10 Å². The van der Waals surface area contributed by atoms with Crippen LogP contribution in [0.3, 0.4) is 0 Å². The van der Waals surface area contributed by atoms with Crippen LogP contribution in [0.15, 0.2) is 46.9 Å². The highest BCUT2D eigenvalue weighted by atomic mass is 32.1. The summed E-state index contributed by atoms with van der Waals surface area (Å²) in [5, 5.41) is 13.6. The van der Waals surface area contributed by atoms with Gasteiger partial charge in [0.2, 0.25) is 4.77 Å². The minimum atomic E-state index is 0.481. The van der Waals surface area contributed by atoms with Crippen LogP contribution in [0.25, 0.3) is 10.7 Å². The fraction of sp³-hybridized carbons (Fsp3) is 0.235.